The van der Waals surface area contributed by atoms with Crippen LogP contribution in [0.4, 0.5) is 5.69 Å². The molecule has 6 heteroatoms. The van der Waals surface area contributed by atoms with Crippen LogP contribution in [0.3, 0.4) is 0 Å². The maximum Gasteiger partial charge on any atom is 0.249 e. The minimum atomic E-state index is -0.957. The number of nitrogens with zero attached hydrogens (tertiary/aromatic N) is 1. The van der Waals surface area contributed by atoms with Crippen molar-refractivity contribution in [2.24, 2.45) is 5.73 Å². The van der Waals surface area contributed by atoms with E-state index in [1.807, 2.05) is 25.1 Å². The number of halogens is 1. The first-order chi connectivity index (χ1) is 10.9. The summed E-state index contributed by atoms with van der Waals surface area (Å²) >= 11 is 6.19. The first kappa shape index (κ1) is 17.8. The molecule has 2 amide bonds. The van der Waals surface area contributed by atoms with Gasteiger partial charge in [0.05, 0.1) is 16.2 Å². The molecule has 1 aliphatic heterocycles. The number of piperidine rings is 1. The van der Waals surface area contributed by atoms with Crippen LogP contribution in [-0.2, 0) is 9.59 Å². The number of hydrogen-bond donors (Lipinski definition) is 2. The van der Waals surface area contributed by atoms with Gasteiger partial charge in [0.15, 0.2) is 0 Å². The van der Waals surface area contributed by atoms with Gasteiger partial charge in [-0.25, -0.2) is 0 Å². The zero-order chi connectivity index (χ0) is 17.0. The van der Waals surface area contributed by atoms with Crippen molar-refractivity contribution in [3.05, 3.63) is 29.3 Å². The Labute approximate surface area is 142 Å². The smallest absolute Gasteiger partial charge is 0.249 e. The largest absolute Gasteiger partial charge is 0.343 e. The molecular formula is C17H24ClN3O2. The van der Waals surface area contributed by atoms with Gasteiger partial charge in [0.25, 0.3) is 0 Å². The lowest BCUT2D eigenvalue weighted by Gasteiger charge is -2.34. The molecule has 2 atom stereocenters. The van der Waals surface area contributed by atoms with Crippen LogP contribution in [0.5, 0.6) is 0 Å². The average Bonchev–Trinajstić information content (AvgIpc) is 2.50. The molecule has 5 nitrogen and oxygen atoms in total. The van der Waals surface area contributed by atoms with Gasteiger partial charge in [-0.15, -0.1) is 0 Å². The average molecular weight is 338 g/mol. The predicted octanol–water partition coefficient (Wildman–Crippen LogP) is 2.47. The van der Waals surface area contributed by atoms with Crippen molar-refractivity contribution in [2.75, 3.05) is 11.4 Å². The van der Waals surface area contributed by atoms with Crippen LogP contribution < -0.4 is 16.0 Å². The number of para-hydroxylation sites is 1. The van der Waals surface area contributed by atoms with E-state index in [1.54, 1.807) is 17.9 Å². The molecule has 1 heterocycles. The molecule has 2 rings (SSSR count). The highest BCUT2D eigenvalue weighted by Crippen LogP contribution is 2.28. The SMILES string of the molecule is CCCC(C)(N)C(=O)NC1CCCN(c2ccccc2Cl)C1=O. The summed E-state index contributed by atoms with van der Waals surface area (Å²) in [6.45, 7) is 4.28. The predicted molar refractivity (Wildman–Crippen MR) is 92.5 cm³/mol. The molecule has 1 aliphatic rings. The Morgan fingerprint density at radius 1 is 1.48 bits per heavy atom. The monoisotopic (exact) mass is 337 g/mol. The van der Waals surface area contributed by atoms with Crippen LogP contribution in [0.15, 0.2) is 24.3 Å². The maximum absolute atomic E-state index is 12.7. The first-order valence-corrected chi connectivity index (χ1v) is 8.40. The van der Waals surface area contributed by atoms with Gasteiger partial charge in [0.2, 0.25) is 11.8 Å². The van der Waals surface area contributed by atoms with Crippen LogP contribution in [0.25, 0.3) is 0 Å². The van der Waals surface area contributed by atoms with Gasteiger partial charge in [0.1, 0.15) is 6.04 Å². The minimum absolute atomic E-state index is 0.134. The topological polar surface area (TPSA) is 75.4 Å². The third-order valence-corrected chi connectivity index (χ3v) is 4.49. The highest BCUT2D eigenvalue weighted by molar-refractivity contribution is 6.33. The summed E-state index contributed by atoms with van der Waals surface area (Å²) in [7, 11) is 0. The third-order valence-electron chi connectivity index (χ3n) is 4.18. The normalized spacial score (nSPS) is 21.0. The van der Waals surface area contributed by atoms with Crippen LogP contribution >= 0.6 is 11.6 Å². The van der Waals surface area contributed by atoms with Gasteiger partial charge >= 0.3 is 0 Å². The second-order valence-corrected chi connectivity index (χ2v) is 6.68. The molecule has 3 N–H and O–H groups in total. The highest BCUT2D eigenvalue weighted by atomic mass is 35.5. The van der Waals surface area contributed by atoms with E-state index >= 15 is 0 Å². The number of nitrogens with two attached hydrogens (primary N) is 1. The van der Waals surface area contributed by atoms with Crippen molar-refractivity contribution in [3.63, 3.8) is 0 Å². The molecule has 0 aliphatic carbocycles. The lowest BCUT2D eigenvalue weighted by Crippen LogP contribution is -2.59. The lowest BCUT2D eigenvalue weighted by atomic mass is 9.95. The highest BCUT2D eigenvalue weighted by Gasteiger charge is 2.35. The molecule has 0 bridgehead atoms. The number of carbonyl (C=O) groups excluding carboxylic acids is 2. The van der Waals surface area contributed by atoms with Crippen molar-refractivity contribution in [2.45, 2.75) is 51.1 Å². The fraction of sp³-hybridized carbons (Fsp3) is 0.529. The van der Waals surface area contributed by atoms with Crippen molar-refractivity contribution in [1.82, 2.24) is 5.32 Å². The maximum atomic E-state index is 12.7. The summed E-state index contributed by atoms with van der Waals surface area (Å²) in [5.41, 5.74) is 5.77. The first-order valence-electron chi connectivity index (χ1n) is 8.02. The Hall–Kier alpha value is -1.59. The van der Waals surface area contributed by atoms with E-state index in [9.17, 15) is 9.59 Å². The summed E-state index contributed by atoms with van der Waals surface area (Å²) in [6, 6.07) is 6.69. The molecule has 1 aromatic carbocycles. The fourth-order valence-electron chi connectivity index (χ4n) is 2.87. The van der Waals surface area contributed by atoms with Crippen LogP contribution in [0.2, 0.25) is 5.02 Å². The number of rotatable bonds is 5. The number of carbonyl (C=O) groups is 2. The van der Waals surface area contributed by atoms with Crippen LogP contribution in [0.1, 0.15) is 39.5 Å². The second kappa shape index (κ2) is 7.32. The van der Waals surface area contributed by atoms with E-state index in [0.29, 0.717) is 30.1 Å². The van der Waals surface area contributed by atoms with Crippen molar-refractivity contribution >= 4 is 29.1 Å². The molecule has 1 saturated heterocycles. The van der Waals surface area contributed by atoms with Gasteiger partial charge in [0, 0.05) is 6.54 Å². The molecule has 0 aromatic heterocycles. The van der Waals surface area contributed by atoms with Crippen LogP contribution in [0, 0.1) is 0 Å². The molecule has 1 aromatic rings. The molecule has 23 heavy (non-hydrogen) atoms. The Balaban J connectivity index is 2.11. The van der Waals surface area contributed by atoms with Gasteiger partial charge in [-0.3, -0.25) is 9.59 Å². The molecule has 0 radical (unpaired) electrons. The number of amides is 2. The van der Waals surface area contributed by atoms with E-state index in [4.69, 9.17) is 17.3 Å². The van der Waals surface area contributed by atoms with Crippen molar-refractivity contribution < 1.29 is 9.59 Å². The fourth-order valence-corrected chi connectivity index (χ4v) is 3.11. The van der Waals surface area contributed by atoms with E-state index in [0.717, 1.165) is 12.8 Å². The van der Waals surface area contributed by atoms with E-state index in [-0.39, 0.29) is 11.8 Å². The van der Waals surface area contributed by atoms with E-state index < -0.39 is 11.6 Å². The van der Waals surface area contributed by atoms with E-state index in [1.165, 1.54) is 0 Å². The molecule has 126 valence electrons. The van der Waals surface area contributed by atoms with Crippen molar-refractivity contribution in [1.29, 1.82) is 0 Å². The Morgan fingerprint density at radius 3 is 2.83 bits per heavy atom. The Bertz CT molecular complexity index is 589. The molecular weight excluding hydrogens is 314 g/mol. The number of benzene rings is 1. The lowest BCUT2D eigenvalue weighted by molar-refractivity contribution is -0.131. The molecule has 0 saturated carbocycles. The minimum Gasteiger partial charge on any atom is -0.343 e. The summed E-state index contributed by atoms with van der Waals surface area (Å²) in [5, 5.41) is 3.34. The van der Waals surface area contributed by atoms with Gasteiger partial charge in [-0.05, 0) is 38.3 Å². The second-order valence-electron chi connectivity index (χ2n) is 6.28. The molecule has 1 fully saturated rings. The summed E-state index contributed by atoms with van der Waals surface area (Å²) in [6.07, 6.45) is 2.81. The van der Waals surface area contributed by atoms with Gasteiger partial charge < -0.3 is 16.0 Å². The van der Waals surface area contributed by atoms with Gasteiger partial charge in [-0.1, -0.05) is 37.1 Å². The Morgan fingerprint density at radius 2 is 2.17 bits per heavy atom. The molecule has 2 unspecified atom stereocenters. The van der Waals surface area contributed by atoms with Crippen LogP contribution in [-0.4, -0.2) is 29.9 Å². The summed E-state index contributed by atoms with van der Waals surface area (Å²) < 4.78 is 0. The van der Waals surface area contributed by atoms with E-state index in [2.05, 4.69) is 5.32 Å². The summed E-state index contributed by atoms with van der Waals surface area (Å²) in [4.78, 5) is 26.7. The van der Waals surface area contributed by atoms with Gasteiger partial charge in [-0.2, -0.15) is 0 Å². The zero-order valence-corrected chi connectivity index (χ0v) is 14.4. The quantitative estimate of drug-likeness (QED) is 0.866. The summed E-state index contributed by atoms with van der Waals surface area (Å²) in [5.74, 6) is -0.413. The Kier molecular flexibility index (Phi) is 5.65. The number of anilines is 1. The molecule has 0 spiro atoms. The standard InChI is InChI=1S/C17H24ClN3O2/c1-3-10-17(2,19)16(23)20-13-8-6-11-21(15(13)22)14-9-5-4-7-12(14)18/h4-5,7,9,13H,3,6,8,10-11,19H2,1-2H3,(H,20,23). The number of nitrogens with one attached hydrogen (secondary N) is 1. The number of hydrogen-bond acceptors (Lipinski definition) is 3. The third kappa shape index (κ3) is 4.03. The zero-order valence-electron chi connectivity index (χ0n) is 13.6. The van der Waals surface area contributed by atoms with Crippen molar-refractivity contribution in [3.8, 4) is 0 Å².